The quantitative estimate of drug-likeness (QED) is 0.870. The van der Waals surface area contributed by atoms with Gasteiger partial charge in [0.15, 0.2) is 0 Å². The van der Waals surface area contributed by atoms with E-state index in [1.807, 2.05) is 19.3 Å². The average molecular weight is 227 g/mol. The SMILES string of the molecule is CNCCc1nccc(-c2cccc(C)c2)n1. The minimum atomic E-state index is 0.857. The molecule has 1 aromatic heterocycles. The van der Waals surface area contributed by atoms with Crippen LogP contribution in [0.1, 0.15) is 11.4 Å². The molecule has 0 aliphatic rings. The molecule has 3 nitrogen and oxygen atoms in total. The molecule has 1 N–H and O–H groups in total. The zero-order chi connectivity index (χ0) is 12.1. The van der Waals surface area contributed by atoms with E-state index in [2.05, 4.69) is 46.5 Å². The smallest absolute Gasteiger partial charge is 0.130 e. The molecule has 3 heteroatoms. The first-order chi connectivity index (χ1) is 8.29. The fourth-order valence-corrected chi connectivity index (χ4v) is 1.72. The Kier molecular flexibility index (Phi) is 3.83. The van der Waals surface area contributed by atoms with Gasteiger partial charge >= 0.3 is 0 Å². The molecular formula is C14H17N3. The fraction of sp³-hybridized carbons (Fsp3) is 0.286. The predicted octanol–water partition coefficient (Wildman–Crippen LogP) is 2.21. The maximum Gasteiger partial charge on any atom is 0.130 e. The van der Waals surface area contributed by atoms with Crippen molar-refractivity contribution in [3.8, 4) is 11.3 Å². The number of hydrogen-bond donors (Lipinski definition) is 1. The molecule has 0 radical (unpaired) electrons. The minimum Gasteiger partial charge on any atom is -0.319 e. The zero-order valence-corrected chi connectivity index (χ0v) is 10.3. The van der Waals surface area contributed by atoms with Crippen LogP contribution in [0.25, 0.3) is 11.3 Å². The van der Waals surface area contributed by atoms with E-state index in [1.54, 1.807) is 0 Å². The van der Waals surface area contributed by atoms with Gasteiger partial charge < -0.3 is 5.32 Å². The number of hydrogen-bond acceptors (Lipinski definition) is 3. The summed E-state index contributed by atoms with van der Waals surface area (Å²) in [5.41, 5.74) is 3.39. The van der Waals surface area contributed by atoms with Crippen LogP contribution in [-0.4, -0.2) is 23.6 Å². The lowest BCUT2D eigenvalue weighted by atomic mass is 10.1. The Morgan fingerprint density at radius 2 is 2.12 bits per heavy atom. The lowest BCUT2D eigenvalue weighted by Gasteiger charge is -2.04. The van der Waals surface area contributed by atoms with Crippen molar-refractivity contribution in [2.75, 3.05) is 13.6 Å². The fourth-order valence-electron chi connectivity index (χ4n) is 1.72. The van der Waals surface area contributed by atoms with Gasteiger partial charge in [-0.15, -0.1) is 0 Å². The van der Waals surface area contributed by atoms with E-state index in [9.17, 15) is 0 Å². The van der Waals surface area contributed by atoms with Gasteiger partial charge in [-0.05, 0) is 26.1 Å². The topological polar surface area (TPSA) is 37.8 Å². The molecule has 1 heterocycles. The molecule has 2 rings (SSSR count). The molecule has 17 heavy (non-hydrogen) atoms. The third-order valence-corrected chi connectivity index (χ3v) is 2.62. The first kappa shape index (κ1) is 11.7. The molecule has 1 aromatic carbocycles. The molecule has 0 aliphatic carbocycles. The number of rotatable bonds is 4. The van der Waals surface area contributed by atoms with Crippen molar-refractivity contribution in [3.63, 3.8) is 0 Å². The van der Waals surface area contributed by atoms with Crippen LogP contribution in [-0.2, 0) is 6.42 Å². The summed E-state index contributed by atoms with van der Waals surface area (Å²) in [6, 6.07) is 10.3. The molecule has 0 saturated carbocycles. The second-order valence-corrected chi connectivity index (χ2v) is 4.08. The van der Waals surface area contributed by atoms with Gasteiger partial charge in [-0.3, -0.25) is 0 Å². The predicted molar refractivity (Wildman–Crippen MR) is 69.8 cm³/mol. The molecule has 0 spiro atoms. The van der Waals surface area contributed by atoms with Crippen LogP contribution in [0.3, 0.4) is 0 Å². The molecule has 0 saturated heterocycles. The van der Waals surface area contributed by atoms with Gasteiger partial charge in [-0.1, -0.05) is 23.8 Å². The largest absolute Gasteiger partial charge is 0.319 e. The van der Waals surface area contributed by atoms with Gasteiger partial charge in [0.2, 0.25) is 0 Å². The summed E-state index contributed by atoms with van der Waals surface area (Å²) in [7, 11) is 1.93. The number of nitrogens with zero attached hydrogens (tertiary/aromatic N) is 2. The third-order valence-electron chi connectivity index (χ3n) is 2.62. The van der Waals surface area contributed by atoms with Gasteiger partial charge in [0.1, 0.15) is 5.82 Å². The van der Waals surface area contributed by atoms with Crippen molar-refractivity contribution in [2.45, 2.75) is 13.3 Å². The highest BCUT2D eigenvalue weighted by molar-refractivity contribution is 5.59. The Hall–Kier alpha value is -1.74. The van der Waals surface area contributed by atoms with Crippen LogP contribution in [0.5, 0.6) is 0 Å². The van der Waals surface area contributed by atoms with E-state index in [-0.39, 0.29) is 0 Å². The lowest BCUT2D eigenvalue weighted by molar-refractivity contribution is 0.756. The van der Waals surface area contributed by atoms with Crippen molar-refractivity contribution in [2.24, 2.45) is 0 Å². The average Bonchev–Trinajstić information content (AvgIpc) is 2.37. The monoisotopic (exact) mass is 227 g/mol. The summed E-state index contributed by atoms with van der Waals surface area (Å²) in [5, 5.41) is 3.10. The van der Waals surface area contributed by atoms with E-state index in [0.717, 1.165) is 30.0 Å². The standard InChI is InChI=1S/C14H17N3/c1-11-4-3-5-12(10-11)13-6-9-16-14(17-13)7-8-15-2/h3-6,9-10,15H,7-8H2,1-2H3. The Bertz CT molecular complexity index is 494. The summed E-state index contributed by atoms with van der Waals surface area (Å²) < 4.78 is 0. The van der Waals surface area contributed by atoms with E-state index < -0.39 is 0 Å². The normalized spacial score (nSPS) is 10.5. The van der Waals surface area contributed by atoms with Crippen LogP contribution in [0.2, 0.25) is 0 Å². The van der Waals surface area contributed by atoms with Crippen LogP contribution in [0, 0.1) is 6.92 Å². The molecule has 0 bridgehead atoms. The highest BCUT2D eigenvalue weighted by atomic mass is 14.9. The summed E-state index contributed by atoms with van der Waals surface area (Å²) >= 11 is 0. The van der Waals surface area contributed by atoms with Gasteiger partial charge in [0, 0.05) is 24.7 Å². The van der Waals surface area contributed by atoms with Gasteiger partial charge in [0.25, 0.3) is 0 Å². The van der Waals surface area contributed by atoms with Crippen LogP contribution in [0.15, 0.2) is 36.5 Å². The van der Waals surface area contributed by atoms with Gasteiger partial charge in [0.05, 0.1) is 5.69 Å². The molecule has 0 atom stereocenters. The molecule has 0 amide bonds. The molecule has 0 aliphatic heterocycles. The number of aryl methyl sites for hydroxylation is 1. The maximum atomic E-state index is 4.57. The number of aromatic nitrogens is 2. The maximum absolute atomic E-state index is 4.57. The number of nitrogens with one attached hydrogen (secondary N) is 1. The second-order valence-electron chi connectivity index (χ2n) is 4.08. The van der Waals surface area contributed by atoms with Crippen molar-refractivity contribution in [1.29, 1.82) is 0 Å². The summed E-state index contributed by atoms with van der Waals surface area (Å²) in [6.07, 6.45) is 2.69. The highest BCUT2D eigenvalue weighted by Gasteiger charge is 2.02. The molecule has 2 aromatic rings. The van der Waals surface area contributed by atoms with Crippen molar-refractivity contribution >= 4 is 0 Å². The number of benzene rings is 1. The van der Waals surface area contributed by atoms with Crippen LogP contribution in [0.4, 0.5) is 0 Å². The van der Waals surface area contributed by atoms with Crippen molar-refractivity contribution in [1.82, 2.24) is 15.3 Å². The first-order valence-electron chi connectivity index (χ1n) is 5.83. The zero-order valence-electron chi connectivity index (χ0n) is 10.3. The van der Waals surface area contributed by atoms with Crippen LogP contribution >= 0.6 is 0 Å². The summed E-state index contributed by atoms with van der Waals surface area (Å²) in [5.74, 6) is 0.887. The van der Waals surface area contributed by atoms with E-state index >= 15 is 0 Å². The molecular weight excluding hydrogens is 210 g/mol. The Labute approximate surface area is 102 Å². The lowest BCUT2D eigenvalue weighted by Crippen LogP contribution is -2.12. The van der Waals surface area contributed by atoms with Gasteiger partial charge in [-0.2, -0.15) is 0 Å². The highest BCUT2D eigenvalue weighted by Crippen LogP contribution is 2.17. The molecule has 0 unspecified atom stereocenters. The third kappa shape index (κ3) is 3.11. The Morgan fingerprint density at radius 3 is 2.88 bits per heavy atom. The first-order valence-corrected chi connectivity index (χ1v) is 5.83. The second kappa shape index (κ2) is 5.55. The van der Waals surface area contributed by atoms with E-state index in [1.165, 1.54) is 5.56 Å². The molecule has 0 fully saturated rings. The van der Waals surface area contributed by atoms with E-state index in [0.29, 0.717) is 0 Å². The van der Waals surface area contributed by atoms with Crippen LogP contribution < -0.4 is 5.32 Å². The minimum absolute atomic E-state index is 0.857. The van der Waals surface area contributed by atoms with Gasteiger partial charge in [-0.25, -0.2) is 9.97 Å². The summed E-state index contributed by atoms with van der Waals surface area (Å²) in [4.78, 5) is 8.84. The number of likely N-dealkylation sites (N-methyl/N-ethyl adjacent to an activating group) is 1. The summed E-state index contributed by atoms with van der Waals surface area (Å²) in [6.45, 7) is 2.99. The Morgan fingerprint density at radius 1 is 1.24 bits per heavy atom. The Balaban J connectivity index is 2.26. The molecule has 88 valence electrons. The van der Waals surface area contributed by atoms with Crippen molar-refractivity contribution in [3.05, 3.63) is 47.9 Å². The van der Waals surface area contributed by atoms with E-state index in [4.69, 9.17) is 0 Å². The van der Waals surface area contributed by atoms with Crippen molar-refractivity contribution < 1.29 is 0 Å².